The first-order valence-corrected chi connectivity index (χ1v) is 9.42. The highest BCUT2D eigenvalue weighted by Crippen LogP contribution is 2.24. The molecule has 2 aromatic rings. The third kappa shape index (κ3) is 4.77. The lowest BCUT2D eigenvalue weighted by Gasteiger charge is -2.32. The fraction of sp³-hybridized carbons (Fsp3) is 0.381. The second-order valence-corrected chi connectivity index (χ2v) is 6.82. The Labute approximate surface area is 159 Å². The number of piperidine rings is 1. The number of nitrogens with zero attached hydrogens (tertiary/aromatic N) is 1. The van der Waals surface area contributed by atoms with Crippen molar-refractivity contribution in [3.63, 3.8) is 0 Å². The summed E-state index contributed by atoms with van der Waals surface area (Å²) in [6.07, 6.45) is 2.09. The van der Waals surface area contributed by atoms with Gasteiger partial charge in [0.1, 0.15) is 12.4 Å². The summed E-state index contributed by atoms with van der Waals surface area (Å²) in [6.45, 7) is 4.45. The molecule has 1 aliphatic rings. The number of ether oxygens (including phenoxy) is 2. The molecule has 2 aromatic carbocycles. The van der Waals surface area contributed by atoms with Crippen LogP contribution in [0.25, 0.3) is 0 Å². The lowest BCUT2D eigenvalue weighted by molar-refractivity contribution is 0.00710. The molecule has 1 atom stereocenters. The van der Waals surface area contributed by atoms with Crippen molar-refractivity contribution in [1.29, 1.82) is 0 Å². The van der Waals surface area contributed by atoms with Crippen molar-refractivity contribution in [2.75, 3.05) is 19.7 Å². The topological polar surface area (TPSA) is 38.8 Å². The van der Waals surface area contributed by atoms with Crippen molar-refractivity contribution in [1.82, 2.24) is 4.90 Å². The number of carbonyl (C=O) groups is 1. The van der Waals surface area contributed by atoms with Gasteiger partial charge in [-0.05, 0) is 49.6 Å². The molecule has 4 nitrogen and oxygen atoms in total. The average molecular weight is 374 g/mol. The van der Waals surface area contributed by atoms with Gasteiger partial charge in [-0.15, -0.1) is 0 Å². The van der Waals surface area contributed by atoms with Crippen LogP contribution in [0.5, 0.6) is 5.75 Å². The number of likely N-dealkylation sites (tertiary alicyclic amines) is 1. The number of rotatable bonds is 6. The molecule has 0 aromatic heterocycles. The van der Waals surface area contributed by atoms with Gasteiger partial charge < -0.3 is 14.4 Å². The minimum Gasteiger partial charge on any atom is -0.488 e. The van der Waals surface area contributed by atoms with Gasteiger partial charge in [-0.25, -0.2) is 0 Å². The zero-order valence-corrected chi connectivity index (χ0v) is 15.7. The van der Waals surface area contributed by atoms with Crippen LogP contribution in [0.4, 0.5) is 0 Å². The largest absolute Gasteiger partial charge is 0.488 e. The zero-order chi connectivity index (χ0) is 18.4. The van der Waals surface area contributed by atoms with Crippen molar-refractivity contribution in [3.05, 3.63) is 64.7 Å². The summed E-state index contributed by atoms with van der Waals surface area (Å²) in [6, 6.07) is 14.9. The lowest BCUT2D eigenvalue weighted by Crippen LogP contribution is -2.43. The lowest BCUT2D eigenvalue weighted by atomic mass is 10.1. The predicted molar refractivity (Wildman–Crippen MR) is 103 cm³/mol. The number of para-hydroxylation sites is 1. The average Bonchev–Trinajstić information content (AvgIpc) is 2.68. The molecular formula is C21H24ClNO3. The number of hydrogen-bond donors (Lipinski definition) is 0. The summed E-state index contributed by atoms with van der Waals surface area (Å²) in [5.74, 6) is 0.604. The van der Waals surface area contributed by atoms with Crippen molar-refractivity contribution < 1.29 is 14.3 Å². The minimum absolute atomic E-state index is 0.00103. The van der Waals surface area contributed by atoms with Crippen LogP contribution in [-0.4, -0.2) is 36.6 Å². The van der Waals surface area contributed by atoms with Crippen LogP contribution in [0.15, 0.2) is 48.5 Å². The molecule has 0 saturated carbocycles. The number of hydrogen-bond acceptors (Lipinski definition) is 3. The van der Waals surface area contributed by atoms with Crippen LogP contribution in [0.2, 0.25) is 5.02 Å². The highest BCUT2D eigenvalue weighted by Gasteiger charge is 2.26. The molecule has 1 saturated heterocycles. The summed E-state index contributed by atoms with van der Waals surface area (Å²) in [5.41, 5.74) is 1.60. The first kappa shape index (κ1) is 18.7. The molecule has 0 aliphatic carbocycles. The Hall–Kier alpha value is -2.04. The summed E-state index contributed by atoms with van der Waals surface area (Å²) in [4.78, 5) is 14.9. The summed E-state index contributed by atoms with van der Waals surface area (Å²) < 4.78 is 11.6. The third-order valence-corrected chi connectivity index (χ3v) is 4.74. The summed E-state index contributed by atoms with van der Waals surface area (Å²) >= 11 is 5.91. The Morgan fingerprint density at radius 2 is 1.96 bits per heavy atom. The molecule has 0 spiro atoms. The quantitative estimate of drug-likeness (QED) is 0.745. The summed E-state index contributed by atoms with van der Waals surface area (Å²) in [7, 11) is 0. The minimum atomic E-state index is 0.00103. The van der Waals surface area contributed by atoms with Gasteiger partial charge in [-0.2, -0.15) is 0 Å². The number of amides is 1. The maximum Gasteiger partial charge on any atom is 0.257 e. The Balaban J connectivity index is 1.69. The molecule has 1 aliphatic heterocycles. The molecule has 0 radical (unpaired) electrons. The van der Waals surface area contributed by atoms with E-state index in [1.807, 2.05) is 60.4 Å². The zero-order valence-electron chi connectivity index (χ0n) is 15.0. The van der Waals surface area contributed by atoms with E-state index in [4.69, 9.17) is 21.1 Å². The fourth-order valence-electron chi connectivity index (χ4n) is 3.18. The second-order valence-electron chi connectivity index (χ2n) is 6.38. The molecule has 26 heavy (non-hydrogen) atoms. The van der Waals surface area contributed by atoms with Gasteiger partial charge in [0.25, 0.3) is 5.91 Å². The number of benzene rings is 2. The molecule has 138 valence electrons. The van der Waals surface area contributed by atoms with Gasteiger partial charge in [-0.1, -0.05) is 35.9 Å². The van der Waals surface area contributed by atoms with Gasteiger partial charge in [0, 0.05) is 24.7 Å². The standard InChI is InChI=1S/C21H24ClNO3/c1-2-25-18-6-5-13-23(14-18)21(24)19-7-3-4-8-20(19)26-15-16-9-11-17(22)12-10-16/h3-4,7-12,18H,2,5-6,13-15H2,1H3. The van der Waals surface area contributed by atoms with E-state index in [0.717, 1.165) is 24.9 Å². The SMILES string of the molecule is CCOC1CCCN(C(=O)c2ccccc2OCc2ccc(Cl)cc2)C1. The third-order valence-electron chi connectivity index (χ3n) is 4.49. The Morgan fingerprint density at radius 3 is 2.73 bits per heavy atom. The molecule has 1 unspecified atom stereocenters. The van der Waals surface area contributed by atoms with Crippen molar-refractivity contribution in [2.24, 2.45) is 0 Å². The van der Waals surface area contributed by atoms with Gasteiger partial charge in [0.2, 0.25) is 0 Å². The van der Waals surface area contributed by atoms with E-state index in [2.05, 4.69) is 0 Å². The van der Waals surface area contributed by atoms with Crippen LogP contribution in [0.3, 0.4) is 0 Å². The summed E-state index contributed by atoms with van der Waals surface area (Å²) in [5, 5.41) is 0.693. The highest BCUT2D eigenvalue weighted by atomic mass is 35.5. The maximum absolute atomic E-state index is 13.0. The first-order chi connectivity index (χ1) is 12.7. The predicted octanol–water partition coefficient (Wildman–Crippen LogP) is 4.56. The van der Waals surface area contributed by atoms with Gasteiger partial charge in [-0.3, -0.25) is 4.79 Å². The molecule has 5 heteroatoms. The molecular weight excluding hydrogens is 350 g/mol. The first-order valence-electron chi connectivity index (χ1n) is 9.04. The van der Waals surface area contributed by atoms with E-state index in [9.17, 15) is 4.79 Å². The van der Waals surface area contributed by atoms with Crippen LogP contribution in [0, 0.1) is 0 Å². The number of halogens is 1. The maximum atomic E-state index is 13.0. The number of carbonyl (C=O) groups excluding carboxylic acids is 1. The second kappa shape index (κ2) is 9.06. The Bertz CT molecular complexity index is 730. The van der Waals surface area contributed by atoms with Crippen LogP contribution in [0.1, 0.15) is 35.7 Å². The molecule has 0 N–H and O–H groups in total. The van der Waals surface area contributed by atoms with E-state index >= 15 is 0 Å². The van der Waals surface area contributed by atoms with E-state index in [1.54, 1.807) is 0 Å². The van der Waals surface area contributed by atoms with Crippen molar-refractivity contribution in [3.8, 4) is 5.75 Å². The van der Waals surface area contributed by atoms with Gasteiger partial charge >= 0.3 is 0 Å². The fourth-order valence-corrected chi connectivity index (χ4v) is 3.30. The van der Waals surface area contributed by atoms with Crippen LogP contribution in [-0.2, 0) is 11.3 Å². The van der Waals surface area contributed by atoms with Crippen LogP contribution >= 0.6 is 11.6 Å². The molecule has 0 bridgehead atoms. The van der Waals surface area contributed by atoms with Gasteiger partial charge in [0.15, 0.2) is 0 Å². The van der Waals surface area contributed by atoms with E-state index in [-0.39, 0.29) is 12.0 Å². The molecule has 1 fully saturated rings. The van der Waals surface area contributed by atoms with Gasteiger partial charge in [0.05, 0.1) is 11.7 Å². The van der Waals surface area contributed by atoms with Crippen molar-refractivity contribution >= 4 is 17.5 Å². The Kier molecular flexibility index (Phi) is 6.53. The normalized spacial score (nSPS) is 17.2. The smallest absolute Gasteiger partial charge is 0.257 e. The van der Waals surface area contributed by atoms with E-state index in [1.165, 1.54) is 0 Å². The molecule has 1 heterocycles. The monoisotopic (exact) mass is 373 g/mol. The molecule has 1 amide bonds. The van der Waals surface area contributed by atoms with Crippen LogP contribution < -0.4 is 4.74 Å². The Morgan fingerprint density at radius 1 is 1.19 bits per heavy atom. The molecule has 3 rings (SSSR count). The van der Waals surface area contributed by atoms with E-state index < -0.39 is 0 Å². The van der Waals surface area contributed by atoms with E-state index in [0.29, 0.717) is 36.1 Å². The van der Waals surface area contributed by atoms with Crippen molar-refractivity contribution in [2.45, 2.75) is 32.5 Å². The highest BCUT2D eigenvalue weighted by molar-refractivity contribution is 6.30.